The van der Waals surface area contributed by atoms with Crippen molar-refractivity contribution in [2.24, 2.45) is 0 Å². The molecule has 0 unspecified atom stereocenters. The molecule has 2 N–H and O–H groups in total. The minimum atomic E-state index is -0.638. The summed E-state index contributed by atoms with van der Waals surface area (Å²) in [4.78, 5) is 25.9. The molecule has 6 nitrogen and oxygen atoms in total. The van der Waals surface area contributed by atoms with Crippen molar-refractivity contribution in [1.82, 2.24) is 10.3 Å². The summed E-state index contributed by atoms with van der Waals surface area (Å²) in [5.74, 6) is -0.338. The van der Waals surface area contributed by atoms with E-state index in [1.165, 1.54) is 18.4 Å². The lowest BCUT2D eigenvalue weighted by atomic mass is 10.6. The number of aromatic nitrogens is 1. The number of ether oxygens (including phenoxy) is 1. The molecule has 2 amide bonds. The molecule has 0 aliphatic rings. The van der Waals surface area contributed by atoms with Crippen LogP contribution in [0.25, 0.3) is 0 Å². The summed E-state index contributed by atoms with van der Waals surface area (Å²) in [7, 11) is 1.23. The molecule has 1 heterocycles. The first-order valence-electron chi connectivity index (χ1n) is 4.15. The Morgan fingerprint density at radius 2 is 2.33 bits per heavy atom. The summed E-state index contributed by atoms with van der Waals surface area (Å²) < 4.78 is 4.31. The fourth-order valence-corrected chi connectivity index (χ4v) is 1.50. The molecule has 0 saturated carbocycles. The Morgan fingerprint density at radius 1 is 1.60 bits per heavy atom. The average molecular weight is 229 g/mol. The molecule has 82 valence electrons. The predicted octanol–water partition coefficient (Wildman–Crippen LogP) is 0.746. The quantitative estimate of drug-likeness (QED) is 0.801. The van der Waals surface area contributed by atoms with E-state index >= 15 is 0 Å². The summed E-state index contributed by atoms with van der Waals surface area (Å²) in [6.07, 6.45) is -0.638. The molecule has 0 aliphatic carbocycles. The van der Waals surface area contributed by atoms with Crippen molar-refractivity contribution in [3.8, 4) is 0 Å². The van der Waals surface area contributed by atoms with E-state index < -0.39 is 6.09 Å². The summed E-state index contributed by atoms with van der Waals surface area (Å²) in [6, 6.07) is 0. The van der Waals surface area contributed by atoms with Crippen molar-refractivity contribution in [2.45, 2.75) is 6.92 Å². The first-order chi connectivity index (χ1) is 7.11. The Labute approximate surface area is 90.7 Å². The van der Waals surface area contributed by atoms with Gasteiger partial charge in [-0.2, -0.15) is 0 Å². The molecule has 1 aromatic rings. The largest absolute Gasteiger partial charge is 0.453 e. The highest BCUT2D eigenvalue weighted by Gasteiger charge is 2.06. The monoisotopic (exact) mass is 229 g/mol. The number of methoxy groups -OCH3 is 1. The number of thiazole rings is 1. The van der Waals surface area contributed by atoms with Gasteiger partial charge in [0, 0.05) is 5.38 Å². The minimum Gasteiger partial charge on any atom is -0.453 e. The van der Waals surface area contributed by atoms with E-state index in [2.05, 4.69) is 20.4 Å². The Hall–Kier alpha value is -1.63. The van der Waals surface area contributed by atoms with Gasteiger partial charge in [0.05, 0.1) is 12.8 Å². The second kappa shape index (κ2) is 5.30. The highest BCUT2D eigenvalue weighted by molar-refractivity contribution is 7.13. The molecule has 0 saturated heterocycles. The Balaban J connectivity index is 2.33. The second-order valence-corrected chi connectivity index (χ2v) is 3.55. The molecule has 0 fully saturated rings. The van der Waals surface area contributed by atoms with Crippen LogP contribution in [-0.4, -0.2) is 30.6 Å². The lowest BCUT2D eigenvalue weighted by Crippen LogP contribution is -2.32. The van der Waals surface area contributed by atoms with Crippen molar-refractivity contribution in [3.63, 3.8) is 0 Å². The molecular formula is C8H11N3O3S. The molecule has 0 aromatic carbocycles. The number of carbonyl (C=O) groups is 2. The molecule has 0 bridgehead atoms. The number of alkyl carbamates (subject to hydrolysis) is 1. The molecule has 1 rings (SSSR count). The van der Waals surface area contributed by atoms with E-state index in [0.717, 1.165) is 5.69 Å². The third-order valence-corrected chi connectivity index (χ3v) is 2.32. The molecule has 0 radical (unpaired) electrons. The van der Waals surface area contributed by atoms with Crippen molar-refractivity contribution in [1.29, 1.82) is 0 Å². The summed E-state index contributed by atoms with van der Waals surface area (Å²) in [5, 5.41) is 7.14. The first kappa shape index (κ1) is 11.4. The van der Waals surface area contributed by atoms with Crippen LogP contribution in [0.2, 0.25) is 0 Å². The molecule has 0 aliphatic heterocycles. The van der Waals surface area contributed by atoms with E-state index in [9.17, 15) is 9.59 Å². The van der Waals surface area contributed by atoms with Crippen molar-refractivity contribution in [2.75, 3.05) is 19.0 Å². The number of nitrogens with zero attached hydrogens (tertiary/aromatic N) is 1. The predicted molar refractivity (Wildman–Crippen MR) is 55.9 cm³/mol. The maximum absolute atomic E-state index is 11.2. The van der Waals surface area contributed by atoms with E-state index in [1.54, 1.807) is 0 Å². The SMILES string of the molecule is COC(=O)NCC(=O)Nc1nc(C)cs1. The normalized spacial score (nSPS) is 9.47. The number of anilines is 1. The molecule has 7 heteroatoms. The molecule has 0 spiro atoms. The average Bonchev–Trinajstić information content (AvgIpc) is 2.60. The second-order valence-electron chi connectivity index (χ2n) is 2.69. The number of aryl methyl sites for hydroxylation is 1. The van der Waals surface area contributed by atoms with E-state index in [-0.39, 0.29) is 12.5 Å². The zero-order valence-corrected chi connectivity index (χ0v) is 9.18. The zero-order chi connectivity index (χ0) is 11.3. The van der Waals surface area contributed by atoms with Crippen LogP contribution in [0.5, 0.6) is 0 Å². The molecule has 1 aromatic heterocycles. The fourth-order valence-electron chi connectivity index (χ4n) is 0.799. The van der Waals surface area contributed by atoms with Gasteiger partial charge in [-0.1, -0.05) is 0 Å². The van der Waals surface area contributed by atoms with Crippen LogP contribution >= 0.6 is 11.3 Å². The van der Waals surface area contributed by atoms with E-state index in [1.807, 2.05) is 12.3 Å². The number of amides is 2. The van der Waals surface area contributed by atoms with Gasteiger partial charge >= 0.3 is 6.09 Å². The Kier molecular flexibility index (Phi) is 4.04. The van der Waals surface area contributed by atoms with Crippen molar-refractivity contribution < 1.29 is 14.3 Å². The van der Waals surface area contributed by atoms with Crippen molar-refractivity contribution in [3.05, 3.63) is 11.1 Å². The number of hydrogen-bond donors (Lipinski definition) is 2. The van der Waals surface area contributed by atoms with Gasteiger partial charge in [0.1, 0.15) is 6.54 Å². The van der Waals surface area contributed by atoms with Gasteiger partial charge in [0.15, 0.2) is 5.13 Å². The number of nitrogens with one attached hydrogen (secondary N) is 2. The summed E-state index contributed by atoms with van der Waals surface area (Å²) in [6.45, 7) is 1.70. The third kappa shape index (κ3) is 3.94. The maximum Gasteiger partial charge on any atom is 0.407 e. The molecular weight excluding hydrogens is 218 g/mol. The fraction of sp³-hybridized carbons (Fsp3) is 0.375. The van der Waals surface area contributed by atoms with E-state index in [4.69, 9.17) is 0 Å². The number of hydrogen-bond acceptors (Lipinski definition) is 5. The lowest BCUT2D eigenvalue weighted by Gasteiger charge is -2.02. The lowest BCUT2D eigenvalue weighted by molar-refractivity contribution is -0.115. The molecule has 0 atom stereocenters. The van der Waals surface area contributed by atoms with Crippen LogP contribution in [0, 0.1) is 6.92 Å². The van der Waals surface area contributed by atoms with Gasteiger partial charge in [-0.05, 0) is 6.92 Å². The maximum atomic E-state index is 11.2. The van der Waals surface area contributed by atoms with Gasteiger partial charge in [-0.15, -0.1) is 11.3 Å². The van der Waals surface area contributed by atoms with Gasteiger partial charge in [-0.25, -0.2) is 9.78 Å². The summed E-state index contributed by atoms with van der Waals surface area (Å²) >= 11 is 1.33. The van der Waals surface area contributed by atoms with Crippen molar-refractivity contribution >= 4 is 28.5 Å². The standard InChI is InChI=1S/C8H11N3O3S/c1-5-4-15-7(10-5)11-6(12)3-9-8(13)14-2/h4H,3H2,1-2H3,(H,9,13)(H,10,11,12). The summed E-state index contributed by atoms with van der Waals surface area (Å²) in [5.41, 5.74) is 0.844. The van der Waals surface area contributed by atoms with Crippen LogP contribution in [-0.2, 0) is 9.53 Å². The van der Waals surface area contributed by atoms with Crippen LogP contribution in [0.1, 0.15) is 5.69 Å². The van der Waals surface area contributed by atoms with Crippen LogP contribution in [0.3, 0.4) is 0 Å². The zero-order valence-electron chi connectivity index (χ0n) is 8.36. The van der Waals surface area contributed by atoms with E-state index in [0.29, 0.717) is 5.13 Å². The number of rotatable bonds is 3. The topological polar surface area (TPSA) is 80.3 Å². The van der Waals surface area contributed by atoms with Gasteiger partial charge in [0.25, 0.3) is 0 Å². The van der Waals surface area contributed by atoms with Crippen LogP contribution < -0.4 is 10.6 Å². The highest BCUT2D eigenvalue weighted by atomic mass is 32.1. The molecule has 15 heavy (non-hydrogen) atoms. The Bertz CT molecular complexity index is 364. The highest BCUT2D eigenvalue weighted by Crippen LogP contribution is 2.13. The third-order valence-electron chi connectivity index (χ3n) is 1.44. The van der Waals surface area contributed by atoms with Gasteiger partial charge < -0.3 is 15.4 Å². The minimum absolute atomic E-state index is 0.134. The van der Waals surface area contributed by atoms with Crippen LogP contribution in [0.4, 0.5) is 9.93 Å². The number of carbonyl (C=O) groups excluding carboxylic acids is 2. The van der Waals surface area contributed by atoms with Gasteiger partial charge in [-0.3, -0.25) is 4.79 Å². The van der Waals surface area contributed by atoms with Gasteiger partial charge in [0.2, 0.25) is 5.91 Å². The smallest absolute Gasteiger partial charge is 0.407 e. The van der Waals surface area contributed by atoms with Crippen LogP contribution in [0.15, 0.2) is 5.38 Å². The first-order valence-corrected chi connectivity index (χ1v) is 5.03. The Morgan fingerprint density at radius 3 is 2.87 bits per heavy atom.